The summed E-state index contributed by atoms with van der Waals surface area (Å²) in [6.07, 6.45) is 4.97. The topological polar surface area (TPSA) is 60.0 Å². The van der Waals surface area contributed by atoms with Gasteiger partial charge in [-0.05, 0) is 30.7 Å². The average molecular weight is 360 g/mol. The van der Waals surface area contributed by atoms with E-state index in [-0.39, 0.29) is 11.9 Å². The quantitative estimate of drug-likeness (QED) is 0.540. The summed E-state index contributed by atoms with van der Waals surface area (Å²) in [5.74, 6) is 1.15. The van der Waals surface area contributed by atoms with Crippen LogP contribution in [0.3, 0.4) is 0 Å². The number of benzene rings is 1. The van der Waals surface area contributed by atoms with Gasteiger partial charge < -0.3 is 19.5 Å². The van der Waals surface area contributed by atoms with E-state index in [9.17, 15) is 4.79 Å². The summed E-state index contributed by atoms with van der Waals surface area (Å²) in [4.78, 5) is 14.4. The molecule has 26 heavy (non-hydrogen) atoms. The molecule has 1 unspecified atom stereocenters. The van der Waals surface area contributed by atoms with Crippen molar-refractivity contribution in [2.24, 2.45) is 0 Å². The molecule has 0 aromatic heterocycles. The molecule has 1 N–H and O–H groups in total. The summed E-state index contributed by atoms with van der Waals surface area (Å²) in [6.45, 7) is 10.2. The monoisotopic (exact) mass is 360 g/mol. The number of hydrogen-bond acceptors (Lipinski definition) is 5. The molecule has 1 aromatic carbocycles. The van der Waals surface area contributed by atoms with Crippen LogP contribution in [0.2, 0.25) is 0 Å². The maximum atomic E-state index is 12.1. The average Bonchev–Trinajstić information content (AvgIpc) is 2.65. The van der Waals surface area contributed by atoms with E-state index in [1.807, 2.05) is 25.1 Å². The van der Waals surface area contributed by atoms with Gasteiger partial charge in [-0.1, -0.05) is 18.7 Å². The summed E-state index contributed by atoms with van der Waals surface area (Å²) < 4.78 is 16.2. The van der Waals surface area contributed by atoms with Gasteiger partial charge in [-0.2, -0.15) is 0 Å². The Morgan fingerprint density at radius 2 is 2.15 bits per heavy atom. The predicted octanol–water partition coefficient (Wildman–Crippen LogP) is 2.11. The van der Waals surface area contributed by atoms with Crippen molar-refractivity contribution in [2.45, 2.75) is 13.0 Å². The molecule has 0 saturated carbocycles. The Morgan fingerprint density at radius 1 is 1.38 bits per heavy atom. The van der Waals surface area contributed by atoms with E-state index in [2.05, 4.69) is 16.8 Å². The summed E-state index contributed by atoms with van der Waals surface area (Å²) >= 11 is 0. The number of carbonyl (C=O) groups is 1. The summed E-state index contributed by atoms with van der Waals surface area (Å²) in [5, 5.41) is 2.99. The highest BCUT2D eigenvalue weighted by Crippen LogP contribution is 2.28. The molecule has 1 saturated heterocycles. The van der Waals surface area contributed by atoms with E-state index in [4.69, 9.17) is 14.2 Å². The second kappa shape index (κ2) is 10.6. The first-order valence-electron chi connectivity index (χ1n) is 8.82. The molecule has 142 valence electrons. The van der Waals surface area contributed by atoms with Gasteiger partial charge in [-0.25, -0.2) is 0 Å². The highest BCUT2D eigenvalue weighted by atomic mass is 16.5. The van der Waals surface area contributed by atoms with Crippen LogP contribution in [0.5, 0.6) is 11.5 Å². The number of morpholine rings is 1. The predicted molar refractivity (Wildman–Crippen MR) is 103 cm³/mol. The van der Waals surface area contributed by atoms with Crippen molar-refractivity contribution in [1.82, 2.24) is 10.2 Å². The lowest BCUT2D eigenvalue weighted by Crippen LogP contribution is -2.45. The zero-order chi connectivity index (χ0) is 18.8. The van der Waals surface area contributed by atoms with Gasteiger partial charge in [0, 0.05) is 31.8 Å². The lowest BCUT2D eigenvalue weighted by atomic mass is 10.2. The van der Waals surface area contributed by atoms with Crippen LogP contribution in [0.4, 0.5) is 0 Å². The molecule has 6 heteroatoms. The maximum Gasteiger partial charge on any atom is 0.244 e. The molecule has 1 amide bonds. The molecule has 1 aromatic rings. The number of rotatable bonds is 9. The molecule has 0 radical (unpaired) electrons. The molecule has 1 aliphatic rings. The summed E-state index contributed by atoms with van der Waals surface area (Å²) in [5.41, 5.74) is 0.865. The third-order valence-corrected chi connectivity index (χ3v) is 4.00. The van der Waals surface area contributed by atoms with E-state index < -0.39 is 0 Å². The van der Waals surface area contributed by atoms with Crippen LogP contribution in [-0.4, -0.2) is 63.4 Å². The molecule has 0 bridgehead atoms. The maximum absolute atomic E-state index is 12.1. The van der Waals surface area contributed by atoms with E-state index in [0.29, 0.717) is 18.1 Å². The third-order valence-electron chi connectivity index (χ3n) is 4.00. The van der Waals surface area contributed by atoms with Gasteiger partial charge in [0.2, 0.25) is 5.91 Å². The Hall–Kier alpha value is -2.31. The van der Waals surface area contributed by atoms with Gasteiger partial charge in [0.05, 0.1) is 20.3 Å². The minimum Gasteiger partial charge on any atom is -0.493 e. The second-order valence-corrected chi connectivity index (χ2v) is 6.17. The van der Waals surface area contributed by atoms with E-state index in [1.165, 1.54) is 6.08 Å². The van der Waals surface area contributed by atoms with Crippen LogP contribution in [-0.2, 0) is 9.53 Å². The minimum atomic E-state index is -0.114. The van der Waals surface area contributed by atoms with Gasteiger partial charge in [0.25, 0.3) is 0 Å². The summed E-state index contributed by atoms with van der Waals surface area (Å²) in [6, 6.07) is 5.61. The van der Waals surface area contributed by atoms with Gasteiger partial charge in [-0.15, -0.1) is 0 Å². The van der Waals surface area contributed by atoms with Crippen molar-refractivity contribution in [3.63, 3.8) is 0 Å². The van der Waals surface area contributed by atoms with Crippen LogP contribution < -0.4 is 14.8 Å². The van der Waals surface area contributed by atoms with Crippen LogP contribution in [0.1, 0.15) is 12.5 Å². The normalized spacial score (nSPS) is 16.2. The zero-order valence-electron chi connectivity index (χ0n) is 15.6. The molecular formula is C20H28N2O4. The van der Waals surface area contributed by atoms with Gasteiger partial charge in [0.15, 0.2) is 11.5 Å². The SMILES string of the molecule is C=CCOc1ccc(/C=C/C(=O)NC(C)CN2CCOCC2)cc1OC. The Kier molecular flexibility index (Phi) is 8.18. The van der Waals surface area contributed by atoms with Crippen molar-refractivity contribution in [2.75, 3.05) is 46.6 Å². The molecule has 0 spiro atoms. The molecule has 1 aliphatic heterocycles. The van der Waals surface area contributed by atoms with Gasteiger partial charge >= 0.3 is 0 Å². The number of carbonyl (C=O) groups excluding carboxylic acids is 1. The van der Waals surface area contributed by atoms with Crippen LogP contribution in [0.25, 0.3) is 6.08 Å². The number of hydrogen-bond donors (Lipinski definition) is 1. The van der Waals surface area contributed by atoms with Crippen LogP contribution in [0.15, 0.2) is 36.9 Å². The van der Waals surface area contributed by atoms with Crippen molar-refractivity contribution in [1.29, 1.82) is 0 Å². The van der Waals surface area contributed by atoms with E-state index >= 15 is 0 Å². The van der Waals surface area contributed by atoms with Crippen LogP contribution in [0, 0.1) is 0 Å². The second-order valence-electron chi connectivity index (χ2n) is 6.17. The fourth-order valence-corrected chi connectivity index (χ4v) is 2.74. The minimum absolute atomic E-state index is 0.0782. The van der Waals surface area contributed by atoms with Crippen molar-refractivity contribution in [3.8, 4) is 11.5 Å². The molecule has 2 rings (SSSR count). The lowest BCUT2D eigenvalue weighted by molar-refractivity contribution is -0.117. The highest BCUT2D eigenvalue weighted by Gasteiger charge is 2.14. The van der Waals surface area contributed by atoms with Gasteiger partial charge in [0.1, 0.15) is 6.61 Å². The van der Waals surface area contributed by atoms with Crippen molar-refractivity contribution < 1.29 is 19.0 Å². The largest absolute Gasteiger partial charge is 0.493 e. The van der Waals surface area contributed by atoms with Crippen LogP contribution >= 0.6 is 0 Å². The first-order valence-corrected chi connectivity index (χ1v) is 8.82. The number of nitrogens with zero attached hydrogens (tertiary/aromatic N) is 1. The highest BCUT2D eigenvalue weighted by molar-refractivity contribution is 5.92. The first-order chi connectivity index (χ1) is 12.6. The Labute approximate surface area is 155 Å². The standard InChI is InChI=1S/C20H28N2O4/c1-4-11-26-18-7-5-17(14-19(18)24-3)6-8-20(23)21-16(2)15-22-9-12-25-13-10-22/h4-8,14,16H,1,9-13,15H2,2-3H3,(H,21,23)/b8-6+. The fraction of sp³-hybridized carbons (Fsp3) is 0.450. The van der Waals surface area contributed by atoms with Gasteiger partial charge in [-0.3, -0.25) is 9.69 Å². The molecule has 1 fully saturated rings. The number of methoxy groups -OCH3 is 1. The Bertz CT molecular complexity index is 624. The van der Waals surface area contributed by atoms with Crippen molar-refractivity contribution in [3.05, 3.63) is 42.5 Å². The third kappa shape index (κ3) is 6.54. The van der Waals surface area contributed by atoms with E-state index in [1.54, 1.807) is 19.3 Å². The van der Waals surface area contributed by atoms with Crippen molar-refractivity contribution >= 4 is 12.0 Å². The first kappa shape index (κ1) is 20.0. The smallest absolute Gasteiger partial charge is 0.244 e. The molecule has 1 atom stereocenters. The molecular weight excluding hydrogens is 332 g/mol. The molecule has 0 aliphatic carbocycles. The fourth-order valence-electron chi connectivity index (χ4n) is 2.74. The summed E-state index contributed by atoms with van der Waals surface area (Å²) in [7, 11) is 1.59. The number of amides is 1. The number of nitrogens with one attached hydrogen (secondary N) is 1. The lowest BCUT2D eigenvalue weighted by Gasteiger charge is -2.29. The zero-order valence-corrected chi connectivity index (χ0v) is 15.6. The molecule has 6 nitrogen and oxygen atoms in total. The number of ether oxygens (including phenoxy) is 3. The molecule has 1 heterocycles. The Balaban J connectivity index is 1.87. The Morgan fingerprint density at radius 3 is 2.85 bits per heavy atom. The van der Waals surface area contributed by atoms with E-state index in [0.717, 1.165) is 38.4 Å².